The second-order valence-corrected chi connectivity index (χ2v) is 4.17. The molecule has 2 nitrogen and oxygen atoms in total. The average molecular weight is 285 g/mol. The minimum absolute atomic E-state index is 0.174. The van der Waals surface area contributed by atoms with Crippen LogP contribution in [-0.4, -0.2) is 17.3 Å². The fourth-order valence-corrected chi connectivity index (χ4v) is 0.994. The topological polar surface area (TPSA) is 46.2 Å². The number of aliphatic hydroxyl groups excluding tert-OH is 1. The molecule has 0 radical (unpaired) electrons. The van der Waals surface area contributed by atoms with Crippen LogP contribution in [0.25, 0.3) is 0 Å². The molecular weight excluding hydrogens is 270 g/mol. The summed E-state index contributed by atoms with van der Waals surface area (Å²) in [4.78, 5) is 0. The van der Waals surface area contributed by atoms with Gasteiger partial charge in [-0.3, -0.25) is 0 Å². The molecule has 0 bridgehead atoms. The Morgan fingerprint density at radius 3 is 1.64 bits per heavy atom. The lowest BCUT2D eigenvalue weighted by molar-refractivity contribution is 0.168. The minimum Gasteiger partial charge on any atom is -0.387 e. The Balaban J connectivity index is 5.35. The van der Waals surface area contributed by atoms with E-state index < -0.39 is 6.10 Å². The highest BCUT2D eigenvalue weighted by Crippen LogP contribution is 2.03. The van der Waals surface area contributed by atoms with E-state index in [1.165, 1.54) is 6.08 Å². The maximum Gasteiger partial charge on any atom is 0.0954 e. The molecule has 0 saturated heterocycles. The normalized spacial score (nSPS) is 9.50. The van der Waals surface area contributed by atoms with Gasteiger partial charge in [-0.05, 0) is 81.6 Å². The predicted molar refractivity (Wildman–Crippen MR) is 84.7 cm³/mol. The van der Waals surface area contributed by atoms with Crippen LogP contribution in [0.5, 0.6) is 0 Å². The van der Waals surface area contributed by atoms with Gasteiger partial charge in [-0.15, -0.1) is 0 Å². The summed E-state index contributed by atoms with van der Waals surface area (Å²) in [6.07, 6.45) is 0.649. The summed E-state index contributed by atoms with van der Waals surface area (Å²) in [6.45, 7) is 7.16. The lowest BCUT2D eigenvalue weighted by Gasteiger charge is -2.18. The van der Waals surface area contributed by atoms with E-state index >= 15 is 0 Å². The van der Waals surface area contributed by atoms with Crippen LogP contribution < -0.4 is 5.73 Å². The van der Waals surface area contributed by atoms with Crippen molar-refractivity contribution in [2.75, 3.05) is 0 Å². The fraction of sp³-hybridized carbons (Fsp3) is 0.250. The van der Waals surface area contributed by atoms with E-state index in [9.17, 15) is 5.11 Å². The Morgan fingerprint density at radius 2 is 1.23 bits per heavy atom. The lowest BCUT2D eigenvalue weighted by Crippen LogP contribution is -2.37. The highest BCUT2D eigenvalue weighted by atomic mass is 16.3. The van der Waals surface area contributed by atoms with Crippen LogP contribution in [0.1, 0.15) is 13.8 Å². The van der Waals surface area contributed by atoms with Gasteiger partial charge in [0.05, 0.1) is 6.10 Å². The van der Waals surface area contributed by atoms with E-state index in [1.54, 1.807) is 0 Å². The SMILES string of the molecule is C=C=C=C=C=C=C=C=C=C=C=C=C=C=C[C@H](O)[C@@H](N)C(C)C. The van der Waals surface area contributed by atoms with Crippen LogP contribution in [0.3, 0.4) is 0 Å². The summed E-state index contributed by atoms with van der Waals surface area (Å²) in [7, 11) is 0. The van der Waals surface area contributed by atoms with Crippen molar-refractivity contribution in [3.8, 4) is 0 Å². The summed E-state index contributed by atoms with van der Waals surface area (Å²) >= 11 is 0. The van der Waals surface area contributed by atoms with Gasteiger partial charge in [0.1, 0.15) is 0 Å². The van der Waals surface area contributed by atoms with E-state index in [2.05, 4.69) is 81.1 Å². The molecule has 0 aliphatic heterocycles. The van der Waals surface area contributed by atoms with Crippen molar-refractivity contribution in [2.24, 2.45) is 11.7 Å². The van der Waals surface area contributed by atoms with Crippen molar-refractivity contribution in [2.45, 2.75) is 26.0 Å². The number of hydrogen-bond acceptors (Lipinski definition) is 2. The molecule has 0 aromatic rings. The van der Waals surface area contributed by atoms with Gasteiger partial charge < -0.3 is 10.8 Å². The fourth-order valence-electron chi connectivity index (χ4n) is 0.994. The smallest absolute Gasteiger partial charge is 0.0954 e. The van der Waals surface area contributed by atoms with Crippen molar-refractivity contribution in [3.05, 3.63) is 87.2 Å². The van der Waals surface area contributed by atoms with Gasteiger partial charge in [-0.25, -0.2) is 0 Å². The first-order chi connectivity index (χ1) is 10.6. The van der Waals surface area contributed by atoms with Crippen molar-refractivity contribution < 1.29 is 5.11 Å². The van der Waals surface area contributed by atoms with Crippen molar-refractivity contribution in [1.82, 2.24) is 0 Å². The zero-order valence-electron chi connectivity index (χ0n) is 12.5. The molecule has 0 heterocycles. The lowest BCUT2D eigenvalue weighted by atomic mass is 10.00. The zero-order valence-corrected chi connectivity index (χ0v) is 12.5. The largest absolute Gasteiger partial charge is 0.387 e. The third-order valence-corrected chi connectivity index (χ3v) is 2.20. The third-order valence-electron chi connectivity index (χ3n) is 2.20. The number of rotatable bonds is 3. The quantitative estimate of drug-likeness (QED) is 0.783. The van der Waals surface area contributed by atoms with Crippen LogP contribution >= 0.6 is 0 Å². The van der Waals surface area contributed by atoms with Crippen molar-refractivity contribution in [1.29, 1.82) is 0 Å². The summed E-state index contributed by atoms with van der Waals surface area (Å²) in [6, 6.07) is -0.340. The summed E-state index contributed by atoms with van der Waals surface area (Å²) in [5.74, 6) is 0.174. The molecule has 0 unspecified atom stereocenters. The average Bonchev–Trinajstić information content (AvgIpc) is 2.50. The van der Waals surface area contributed by atoms with E-state index in [0.29, 0.717) is 0 Å². The van der Waals surface area contributed by atoms with Crippen LogP contribution in [0.2, 0.25) is 0 Å². The van der Waals surface area contributed by atoms with Crippen LogP contribution in [0.15, 0.2) is 87.2 Å². The van der Waals surface area contributed by atoms with Gasteiger partial charge >= 0.3 is 0 Å². The molecule has 2 atom stereocenters. The predicted octanol–water partition coefficient (Wildman–Crippen LogP) is 2.53. The molecule has 0 saturated carbocycles. The molecule has 0 aromatic heterocycles. The van der Waals surface area contributed by atoms with Crippen LogP contribution in [0, 0.1) is 5.92 Å². The van der Waals surface area contributed by atoms with E-state index in [-0.39, 0.29) is 12.0 Å². The maximum absolute atomic E-state index is 9.66. The molecule has 0 aromatic carbocycles. The Hall–Kier alpha value is -3.20. The standard InChI is InChI=1S/C20H15NO/c1-4-5-6-7-8-9-10-11-12-13-14-15-16-17-19(22)20(21)18(2)3/h17-20,22H,1,21H2,2-3H3/t19-,20-/m0/s1. The first-order valence-electron chi connectivity index (χ1n) is 6.39. The van der Waals surface area contributed by atoms with E-state index in [4.69, 9.17) is 5.73 Å². The highest BCUT2D eigenvalue weighted by molar-refractivity contribution is 4.96. The van der Waals surface area contributed by atoms with Gasteiger partial charge in [-0.2, -0.15) is 0 Å². The Bertz CT molecular complexity index is 869. The highest BCUT2D eigenvalue weighted by Gasteiger charge is 2.14. The van der Waals surface area contributed by atoms with Gasteiger partial charge in [0, 0.05) is 6.04 Å². The summed E-state index contributed by atoms with van der Waals surface area (Å²) < 4.78 is 0. The zero-order chi connectivity index (χ0) is 16.6. The van der Waals surface area contributed by atoms with Crippen LogP contribution in [0.4, 0.5) is 0 Å². The molecule has 0 aliphatic carbocycles. The third kappa shape index (κ3) is 10.7. The molecular formula is C20H15NO. The van der Waals surface area contributed by atoms with Gasteiger partial charge in [0.25, 0.3) is 0 Å². The molecule has 2 heteroatoms. The summed E-state index contributed by atoms with van der Waals surface area (Å²) in [5, 5.41) is 9.66. The second kappa shape index (κ2) is 12.8. The minimum atomic E-state index is -0.772. The first-order valence-corrected chi connectivity index (χ1v) is 6.39. The molecule has 22 heavy (non-hydrogen) atoms. The van der Waals surface area contributed by atoms with Crippen molar-refractivity contribution in [3.63, 3.8) is 0 Å². The Labute approximate surface area is 130 Å². The molecule has 106 valence electrons. The maximum atomic E-state index is 9.66. The summed E-state index contributed by atoms with van der Waals surface area (Å²) in [5.41, 5.74) is 38.2. The Kier molecular flexibility index (Phi) is 11.0. The van der Waals surface area contributed by atoms with Crippen LogP contribution in [-0.2, 0) is 0 Å². The Morgan fingerprint density at radius 1 is 0.818 bits per heavy atom. The van der Waals surface area contributed by atoms with Gasteiger partial charge in [-0.1, -0.05) is 25.3 Å². The number of nitrogens with two attached hydrogens (primary N) is 1. The molecule has 0 fully saturated rings. The van der Waals surface area contributed by atoms with Gasteiger partial charge in [0.15, 0.2) is 0 Å². The number of hydrogen-bond donors (Lipinski definition) is 2. The molecule has 0 aliphatic rings. The monoisotopic (exact) mass is 285 g/mol. The molecule has 0 rings (SSSR count). The molecule has 3 N–H and O–H groups in total. The molecule has 0 spiro atoms. The van der Waals surface area contributed by atoms with Crippen molar-refractivity contribution >= 4 is 0 Å². The van der Waals surface area contributed by atoms with E-state index in [0.717, 1.165) is 0 Å². The first kappa shape index (κ1) is 18.8. The van der Waals surface area contributed by atoms with Gasteiger partial charge in [0.2, 0.25) is 0 Å². The van der Waals surface area contributed by atoms with E-state index in [1.807, 2.05) is 13.8 Å². The second-order valence-electron chi connectivity index (χ2n) is 4.17. The number of aliphatic hydroxyl groups is 1. The molecule has 0 amide bonds.